The zero-order chi connectivity index (χ0) is 14.8. The van der Waals surface area contributed by atoms with Crippen LogP contribution in [0.15, 0.2) is 53.5 Å². The molecule has 0 N–H and O–H groups in total. The number of nitrogens with zero attached hydrogens (tertiary/aromatic N) is 2. The molecule has 0 saturated heterocycles. The SMILES string of the molecule is CCOC(=O)N=c1c2ccccc2n(C)c2ccccc12. The third-order valence-electron chi connectivity index (χ3n) is 3.51. The van der Waals surface area contributed by atoms with Crippen LogP contribution in [0.4, 0.5) is 4.79 Å². The molecule has 21 heavy (non-hydrogen) atoms. The number of amides is 1. The predicted octanol–water partition coefficient (Wildman–Crippen LogP) is 3.39. The van der Waals surface area contributed by atoms with E-state index in [0.717, 1.165) is 21.8 Å². The van der Waals surface area contributed by atoms with Crippen LogP contribution in [0.5, 0.6) is 0 Å². The molecule has 0 bridgehead atoms. The van der Waals surface area contributed by atoms with E-state index < -0.39 is 6.09 Å². The topological polar surface area (TPSA) is 43.6 Å². The highest BCUT2D eigenvalue weighted by Gasteiger charge is 2.08. The maximum atomic E-state index is 11.8. The Hall–Kier alpha value is -2.62. The molecule has 0 spiro atoms. The number of carbonyl (C=O) groups is 1. The first kappa shape index (κ1) is 13.4. The molecule has 106 valence electrons. The fraction of sp³-hybridized carbons (Fsp3) is 0.176. The Kier molecular flexibility index (Phi) is 3.44. The maximum absolute atomic E-state index is 11.8. The fourth-order valence-corrected chi connectivity index (χ4v) is 2.58. The van der Waals surface area contributed by atoms with E-state index in [1.807, 2.05) is 55.6 Å². The van der Waals surface area contributed by atoms with Gasteiger partial charge >= 0.3 is 6.09 Å². The van der Waals surface area contributed by atoms with Crippen LogP contribution in [0.25, 0.3) is 21.8 Å². The third kappa shape index (κ3) is 2.29. The van der Waals surface area contributed by atoms with Gasteiger partial charge in [0.05, 0.1) is 23.0 Å². The summed E-state index contributed by atoms with van der Waals surface area (Å²) in [5.41, 5.74) is 2.05. The molecule has 0 aliphatic heterocycles. The highest BCUT2D eigenvalue weighted by Crippen LogP contribution is 2.17. The molecular formula is C17H16N2O2. The molecule has 0 unspecified atom stereocenters. The van der Waals surface area contributed by atoms with Crippen molar-refractivity contribution in [3.8, 4) is 0 Å². The van der Waals surface area contributed by atoms with E-state index in [1.165, 1.54) is 0 Å². The Balaban J connectivity index is 2.49. The largest absolute Gasteiger partial charge is 0.448 e. The Morgan fingerprint density at radius 3 is 2.10 bits per heavy atom. The molecule has 1 amide bonds. The van der Waals surface area contributed by atoms with Crippen molar-refractivity contribution in [1.29, 1.82) is 0 Å². The zero-order valence-electron chi connectivity index (χ0n) is 12.0. The fourth-order valence-electron chi connectivity index (χ4n) is 2.58. The molecule has 0 radical (unpaired) electrons. The van der Waals surface area contributed by atoms with Gasteiger partial charge in [-0.15, -0.1) is 0 Å². The molecule has 4 nitrogen and oxygen atoms in total. The number of benzene rings is 2. The van der Waals surface area contributed by atoms with Crippen LogP contribution in [-0.2, 0) is 11.8 Å². The van der Waals surface area contributed by atoms with Gasteiger partial charge in [-0.1, -0.05) is 36.4 Å². The molecule has 0 saturated carbocycles. The normalized spacial score (nSPS) is 10.8. The lowest BCUT2D eigenvalue weighted by Gasteiger charge is -2.11. The van der Waals surface area contributed by atoms with Crippen molar-refractivity contribution in [3.63, 3.8) is 0 Å². The van der Waals surface area contributed by atoms with Gasteiger partial charge in [0.1, 0.15) is 0 Å². The van der Waals surface area contributed by atoms with Gasteiger partial charge in [0, 0.05) is 17.8 Å². The number of para-hydroxylation sites is 2. The van der Waals surface area contributed by atoms with E-state index >= 15 is 0 Å². The molecular weight excluding hydrogens is 264 g/mol. The number of ether oxygens (including phenoxy) is 1. The number of fused-ring (bicyclic) bond motifs is 2. The summed E-state index contributed by atoms with van der Waals surface area (Å²) in [5, 5.41) is 2.54. The van der Waals surface area contributed by atoms with Gasteiger partial charge in [-0.25, -0.2) is 4.79 Å². The number of hydrogen-bond acceptors (Lipinski definition) is 2. The van der Waals surface area contributed by atoms with Crippen molar-refractivity contribution in [2.24, 2.45) is 12.0 Å². The van der Waals surface area contributed by atoms with Crippen molar-refractivity contribution >= 4 is 27.9 Å². The lowest BCUT2D eigenvalue weighted by atomic mass is 10.1. The van der Waals surface area contributed by atoms with E-state index in [1.54, 1.807) is 6.92 Å². The average molecular weight is 280 g/mol. The molecule has 2 aromatic carbocycles. The number of rotatable bonds is 1. The summed E-state index contributed by atoms with van der Waals surface area (Å²) in [6.45, 7) is 2.09. The summed E-state index contributed by atoms with van der Waals surface area (Å²) in [5.74, 6) is 0. The van der Waals surface area contributed by atoms with Gasteiger partial charge in [0.2, 0.25) is 0 Å². The first-order valence-corrected chi connectivity index (χ1v) is 6.90. The number of aryl methyl sites for hydroxylation is 1. The second-order valence-corrected chi connectivity index (χ2v) is 4.75. The summed E-state index contributed by atoms with van der Waals surface area (Å²) >= 11 is 0. The second kappa shape index (κ2) is 5.40. The van der Waals surface area contributed by atoms with Crippen LogP contribution in [0.2, 0.25) is 0 Å². The summed E-state index contributed by atoms with van der Waals surface area (Å²) in [7, 11) is 2.01. The minimum atomic E-state index is -0.554. The molecule has 0 aliphatic rings. The van der Waals surface area contributed by atoms with Crippen molar-refractivity contribution in [3.05, 3.63) is 53.9 Å². The number of carbonyl (C=O) groups excluding carboxylic acids is 1. The van der Waals surface area contributed by atoms with E-state index in [-0.39, 0.29) is 0 Å². The quantitative estimate of drug-likeness (QED) is 0.641. The lowest BCUT2D eigenvalue weighted by molar-refractivity contribution is 0.162. The summed E-state index contributed by atoms with van der Waals surface area (Å²) in [4.78, 5) is 16.0. The summed E-state index contributed by atoms with van der Waals surface area (Å²) < 4.78 is 7.07. The van der Waals surface area contributed by atoms with E-state index in [2.05, 4.69) is 9.56 Å². The van der Waals surface area contributed by atoms with Gasteiger partial charge in [-0.3, -0.25) is 0 Å². The van der Waals surface area contributed by atoms with E-state index in [9.17, 15) is 4.79 Å². The summed E-state index contributed by atoms with van der Waals surface area (Å²) in [6.07, 6.45) is -0.554. The highest BCUT2D eigenvalue weighted by molar-refractivity contribution is 5.94. The Bertz CT molecular complexity index is 834. The van der Waals surface area contributed by atoms with Crippen LogP contribution in [0.3, 0.4) is 0 Å². The monoisotopic (exact) mass is 280 g/mol. The van der Waals surface area contributed by atoms with Crippen molar-refractivity contribution in [2.75, 3.05) is 6.61 Å². The Labute approximate surface area is 122 Å². The van der Waals surface area contributed by atoms with Crippen LogP contribution < -0.4 is 5.36 Å². The standard InChI is InChI=1S/C17H16N2O2/c1-3-21-17(20)18-16-12-8-4-6-10-14(12)19(2)15-11-7-5-9-13(15)16/h4-11H,3H2,1-2H3. The predicted molar refractivity (Wildman–Crippen MR) is 83.0 cm³/mol. The number of pyridine rings is 1. The number of hydrogen-bond donors (Lipinski definition) is 0. The van der Waals surface area contributed by atoms with Crippen molar-refractivity contribution in [1.82, 2.24) is 4.57 Å². The van der Waals surface area contributed by atoms with Crippen LogP contribution in [0.1, 0.15) is 6.92 Å². The van der Waals surface area contributed by atoms with Gasteiger partial charge < -0.3 is 9.30 Å². The number of aromatic nitrogens is 1. The minimum absolute atomic E-state index is 0.318. The Morgan fingerprint density at radius 2 is 1.57 bits per heavy atom. The second-order valence-electron chi connectivity index (χ2n) is 4.75. The van der Waals surface area contributed by atoms with E-state index in [4.69, 9.17) is 4.74 Å². The minimum Gasteiger partial charge on any atom is -0.448 e. The van der Waals surface area contributed by atoms with Crippen molar-refractivity contribution in [2.45, 2.75) is 6.92 Å². The smallest absolute Gasteiger partial charge is 0.434 e. The maximum Gasteiger partial charge on any atom is 0.434 e. The van der Waals surface area contributed by atoms with Crippen LogP contribution in [0, 0.1) is 0 Å². The van der Waals surface area contributed by atoms with Crippen molar-refractivity contribution < 1.29 is 9.53 Å². The van der Waals surface area contributed by atoms with E-state index in [0.29, 0.717) is 12.0 Å². The zero-order valence-corrected chi connectivity index (χ0v) is 12.0. The molecule has 1 heterocycles. The van der Waals surface area contributed by atoms with Gasteiger partial charge in [-0.05, 0) is 19.1 Å². The van der Waals surface area contributed by atoms with Gasteiger partial charge in [0.25, 0.3) is 0 Å². The molecule has 0 fully saturated rings. The Morgan fingerprint density at radius 1 is 1.05 bits per heavy atom. The lowest BCUT2D eigenvalue weighted by Crippen LogP contribution is -2.14. The molecule has 1 aromatic heterocycles. The molecule has 4 heteroatoms. The van der Waals surface area contributed by atoms with Gasteiger partial charge in [0.15, 0.2) is 0 Å². The molecule has 0 aliphatic carbocycles. The first-order chi connectivity index (χ1) is 10.2. The first-order valence-electron chi connectivity index (χ1n) is 6.90. The highest BCUT2D eigenvalue weighted by atomic mass is 16.5. The molecule has 3 aromatic rings. The molecule has 3 rings (SSSR count). The third-order valence-corrected chi connectivity index (χ3v) is 3.51. The molecule has 0 atom stereocenters. The van der Waals surface area contributed by atoms with Gasteiger partial charge in [-0.2, -0.15) is 4.99 Å². The van der Waals surface area contributed by atoms with Crippen LogP contribution in [-0.4, -0.2) is 17.3 Å². The average Bonchev–Trinajstić information content (AvgIpc) is 2.52. The summed E-state index contributed by atoms with van der Waals surface area (Å²) in [6, 6.07) is 15.8. The van der Waals surface area contributed by atoms with Crippen LogP contribution >= 0.6 is 0 Å².